The van der Waals surface area contributed by atoms with Gasteiger partial charge in [0.05, 0.1) is 7.11 Å². The first-order valence-corrected chi connectivity index (χ1v) is 8.21. The van der Waals surface area contributed by atoms with Crippen molar-refractivity contribution in [2.75, 3.05) is 19.9 Å². The molecule has 0 aromatic heterocycles. The Morgan fingerprint density at radius 1 is 1.37 bits per heavy atom. The van der Waals surface area contributed by atoms with E-state index in [1.807, 2.05) is 11.8 Å². The largest absolute Gasteiger partial charge is 0.497 e. The molecule has 2 nitrogen and oxygen atoms in total. The van der Waals surface area contributed by atoms with Crippen molar-refractivity contribution in [2.45, 2.75) is 43.9 Å². The topological polar surface area (TPSA) is 21.3 Å². The van der Waals surface area contributed by atoms with Crippen LogP contribution in [0.4, 0.5) is 0 Å². The van der Waals surface area contributed by atoms with Gasteiger partial charge in [0, 0.05) is 17.3 Å². The van der Waals surface area contributed by atoms with Gasteiger partial charge in [-0.25, -0.2) is 0 Å². The SMILES string of the molecule is COc1ccc2c(c1)CC(NCC(C)(C)SC)CC2. The molecule has 1 atom stereocenters. The van der Waals surface area contributed by atoms with Crippen molar-refractivity contribution < 1.29 is 4.74 Å². The van der Waals surface area contributed by atoms with Crippen molar-refractivity contribution >= 4 is 11.8 Å². The molecule has 0 amide bonds. The third kappa shape index (κ3) is 3.90. The number of methoxy groups -OCH3 is 1. The molecular formula is C16H25NOS. The third-order valence-corrected chi connectivity index (χ3v) is 5.26. The Balaban J connectivity index is 1.97. The van der Waals surface area contributed by atoms with E-state index in [1.165, 1.54) is 24.0 Å². The van der Waals surface area contributed by atoms with Crippen molar-refractivity contribution in [1.29, 1.82) is 0 Å². The van der Waals surface area contributed by atoms with E-state index in [9.17, 15) is 0 Å². The van der Waals surface area contributed by atoms with Crippen LogP contribution in [0.25, 0.3) is 0 Å². The summed E-state index contributed by atoms with van der Waals surface area (Å²) >= 11 is 1.92. The van der Waals surface area contributed by atoms with Gasteiger partial charge in [-0.1, -0.05) is 6.07 Å². The van der Waals surface area contributed by atoms with E-state index in [4.69, 9.17) is 4.74 Å². The van der Waals surface area contributed by atoms with E-state index in [1.54, 1.807) is 7.11 Å². The molecule has 2 rings (SSSR count). The number of benzene rings is 1. The van der Waals surface area contributed by atoms with E-state index < -0.39 is 0 Å². The second-order valence-corrected chi connectivity index (χ2v) is 7.43. The van der Waals surface area contributed by atoms with Crippen molar-refractivity contribution in [3.05, 3.63) is 29.3 Å². The molecule has 0 saturated carbocycles. The first kappa shape index (κ1) is 14.7. The Morgan fingerprint density at radius 2 is 2.16 bits per heavy atom. The summed E-state index contributed by atoms with van der Waals surface area (Å²) in [5, 5.41) is 3.73. The first-order chi connectivity index (χ1) is 9.04. The summed E-state index contributed by atoms with van der Waals surface area (Å²) in [6, 6.07) is 7.09. The second kappa shape index (κ2) is 6.19. The number of aryl methyl sites for hydroxylation is 1. The van der Waals surface area contributed by atoms with Gasteiger partial charge in [-0.15, -0.1) is 0 Å². The van der Waals surface area contributed by atoms with Crippen LogP contribution >= 0.6 is 11.8 Å². The highest BCUT2D eigenvalue weighted by atomic mass is 32.2. The number of hydrogen-bond donors (Lipinski definition) is 1. The fraction of sp³-hybridized carbons (Fsp3) is 0.625. The number of thioether (sulfide) groups is 1. The Kier molecular flexibility index (Phi) is 4.80. The van der Waals surface area contributed by atoms with Gasteiger partial charge in [-0.2, -0.15) is 11.8 Å². The van der Waals surface area contributed by atoms with Crippen molar-refractivity contribution in [3.8, 4) is 5.75 Å². The predicted molar refractivity (Wildman–Crippen MR) is 84.4 cm³/mol. The van der Waals surface area contributed by atoms with Crippen LogP contribution in [0.2, 0.25) is 0 Å². The summed E-state index contributed by atoms with van der Waals surface area (Å²) in [4.78, 5) is 0. The minimum atomic E-state index is 0.314. The van der Waals surface area contributed by atoms with Gasteiger partial charge >= 0.3 is 0 Å². The molecule has 1 aliphatic carbocycles. The Hall–Kier alpha value is -0.670. The molecule has 1 N–H and O–H groups in total. The number of hydrogen-bond acceptors (Lipinski definition) is 3. The van der Waals surface area contributed by atoms with E-state index in [2.05, 4.69) is 43.6 Å². The van der Waals surface area contributed by atoms with Crippen molar-refractivity contribution in [1.82, 2.24) is 5.32 Å². The van der Waals surface area contributed by atoms with Gasteiger partial charge in [0.15, 0.2) is 0 Å². The second-order valence-electron chi connectivity index (χ2n) is 5.92. The van der Waals surface area contributed by atoms with Crippen LogP contribution in [-0.2, 0) is 12.8 Å². The lowest BCUT2D eigenvalue weighted by Crippen LogP contribution is -2.41. The molecule has 0 saturated heterocycles. The number of rotatable bonds is 5. The first-order valence-electron chi connectivity index (χ1n) is 6.98. The summed E-state index contributed by atoms with van der Waals surface area (Å²) in [6.45, 7) is 5.66. The molecule has 19 heavy (non-hydrogen) atoms. The minimum Gasteiger partial charge on any atom is -0.497 e. The van der Waals surface area contributed by atoms with E-state index in [0.717, 1.165) is 18.7 Å². The average Bonchev–Trinajstić information content (AvgIpc) is 2.44. The van der Waals surface area contributed by atoms with Crippen LogP contribution in [0.1, 0.15) is 31.4 Å². The quantitative estimate of drug-likeness (QED) is 0.893. The fourth-order valence-electron chi connectivity index (χ4n) is 2.50. The van der Waals surface area contributed by atoms with Crippen LogP contribution in [-0.4, -0.2) is 30.7 Å². The molecule has 0 heterocycles. The summed E-state index contributed by atoms with van der Waals surface area (Å²) in [5.41, 5.74) is 2.94. The maximum absolute atomic E-state index is 5.32. The molecule has 106 valence electrons. The van der Waals surface area contributed by atoms with Gasteiger partial charge in [0.1, 0.15) is 5.75 Å². The standard InChI is InChI=1S/C16H25NOS/c1-16(2,19-4)11-17-14-7-5-12-6-8-15(18-3)10-13(12)9-14/h6,8,10,14,17H,5,7,9,11H2,1-4H3. The molecule has 1 unspecified atom stereocenters. The van der Waals surface area contributed by atoms with Gasteiger partial charge < -0.3 is 10.1 Å². The highest BCUT2D eigenvalue weighted by Crippen LogP contribution is 2.26. The molecule has 0 radical (unpaired) electrons. The molecule has 1 aliphatic rings. The van der Waals surface area contributed by atoms with Gasteiger partial charge in [-0.05, 0) is 62.6 Å². The highest BCUT2D eigenvalue weighted by Gasteiger charge is 2.22. The normalized spacial score (nSPS) is 19.1. The predicted octanol–water partition coefficient (Wildman–Crippen LogP) is 3.28. The summed E-state index contributed by atoms with van der Waals surface area (Å²) in [6.07, 6.45) is 5.72. The monoisotopic (exact) mass is 279 g/mol. The number of ether oxygens (including phenoxy) is 1. The average molecular weight is 279 g/mol. The molecule has 3 heteroatoms. The summed E-state index contributed by atoms with van der Waals surface area (Å²) < 4.78 is 5.64. The maximum Gasteiger partial charge on any atom is 0.119 e. The zero-order valence-corrected chi connectivity index (χ0v) is 13.3. The third-order valence-electron chi connectivity index (χ3n) is 4.01. The lowest BCUT2D eigenvalue weighted by atomic mass is 9.88. The molecular weight excluding hydrogens is 254 g/mol. The van der Waals surface area contributed by atoms with Gasteiger partial charge in [0.25, 0.3) is 0 Å². The van der Waals surface area contributed by atoms with Gasteiger partial charge in [-0.3, -0.25) is 0 Å². The van der Waals surface area contributed by atoms with Crippen LogP contribution in [0.5, 0.6) is 5.75 Å². The zero-order valence-electron chi connectivity index (χ0n) is 12.5. The highest BCUT2D eigenvalue weighted by molar-refractivity contribution is 7.99. The van der Waals surface area contributed by atoms with Gasteiger partial charge in [0.2, 0.25) is 0 Å². The van der Waals surface area contributed by atoms with Crippen LogP contribution < -0.4 is 10.1 Å². The van der Waals surface area contributed by atoms with E-state index in [-0.39, 0.29) is 0 Å². The Morgan fingerprint density at radius 3 is 2.84 bits per heavy atom. The molecule has 0 aliphatic heterocycles. The molecule has 1 aromatic rings. The molecule has 0 fully saturated rings. The fourth-order valence-corrected chi connectivity index (χ4v) is 2.72. The van der Waals surface area contributed by atoms with E-state index in [0.29, 0.717) is 10.8 Å². The molecule has 0 bridgehead atoms. The van der Waals surface area contributed by atoms with Crippen LogP contribution in [0.15, 0.2) is 18.2 Å². The van der Waals surface area contributed by atoms with Crippen molar-refractivity contribution in [2.24, 2.45) is 0 Å². The van der Waals surface area contributed by atoms with Crippen LogP contribution in [0, 0.1) is 0 Å². The molecule has 1 aromatic carbocycles. The molecule has 0 spiro atoms. The summed E-state index contributed by atoms with van der Waals surface area (Å²) in [5.74, 6) is 0.976. The minimum absolute atomic E-state index is 0.314. The zero-order chi connectivity index (χ0) is 13.9. The maximum atomic E-state index is 5.32. The summed E-state index contributed by atoms with van der Waals surface area (Å²) in [7, 11) is 1.74. The smallest absolute Gasteiger partial charge is 0.119 e. The Labute approximate surface area is 121 Å². The number of fused-ring (bicyclic) bond motifs is 1. The van der Waals surface area contributed by atoms with Crippen LogP contribution in [0.3, 0.4) is 0 Å². The lowest BCUT2D eigenvalue weighted by molar-refractivity contribution is 0.409. The van der Waals surface area contributed by atoms with E-state index >= 15 is 0 Å². The number of nitrogens with one attached hydrogen (secondary N) is 1. The Bertz CT molecular complexity index is 431. The van der Waals surface area contributed by atoms with Crippen molar-refractivity contribution in [3.63, 3.8) is 0 Å². The lowest BCUT2D eigenvalue weighted by Gasteiger charge is -2.30.